The van der Waals surface area contributed by atoms with E-state index >= 15 is 0 Å². The van der Waals surface area contributed by atoms with Crippen LogP contribution in [0.3, 0.4) is 0 Å². The molecule has 0 rings (SSSR count). The van der Waals surface area contributed by atoms with Crippen LogP contribution in [-0.4, -0.2) is 14.6 Å². The largest absolute Gasteiger partial charge is 3.00 e. The zero-order valence-electron chi connectivity index (χ0n) is 4.21. The van der Waals surface area contributed by atoms with Gasteiger partial charge < -0.3 is 30.1 Å². The van der Waals surface area contributed by atoms with E-state index in [1.54, 1.807) is 0 Å². The smallest absolute Gasteiger partial charge is 0.907 e. The zero-order valence-corrected chi connectivity index (χ0v) is 8.09. The van der Waals surface area contributed by atoms with Crippen molar-refractivity contribution < 1.29 is 106 Å². The first-order valence-corrected chi connectivity index (χ1v) is 1.41. The molecule has 0 aromatic carbocycles. The molecular weight excluding hydrogens is 447 g/mol. The maximum atomic E-state index is 8.42. The quantitative estimate of drug-likeness (QED) is 0.338. The average molecular weight is 447 g/mol. The van der Waals surface area contributed by atoms with Crippen LogP contribution in [0.5, 0.6) is 0 Å². The first kappa shape index (κ1) is 22.8. The van der Waals surface area contributed by atoms with Gasteiger partial charge in [-0.3, -0.25) is 14.6 Å². The molecule has 0 fully saturated rings. The van der Waals surface area contributed by atoms with Gasteiger partial charge in [0.05, 0.1) is 0 Å². The van der Waals surface area contributed by atoms with Crippen molar-refractivity contribution in [2.45, 2.75) is 0 Å². The predicted octanol–water partition coefficient (Wildman–Crippen LogP) is -7.90. The molecule has 0 unspecified atom stereocenters. The minimum Gasteiger partial charge on any atom is -0.907 e. The molecule has 0 aliphatic heterocycles. The topological polar surface area (TPSA) is 138 Å². The summed E-state index contributed by atoms with van der Waals surface area (Å²) in [7, 11) is -5.83. The maximum absolute atomic E-state index is 8.42. The van der Waals surface area contributed by atoms with E-state index in [0.29, 0.717) is 0 Å². The van der Waals surface area contributed by atoms with Gasteiger partial charge in [-0.15, -0.1) is 0 Å². The van der Waals surface area contributed by atoms with Gasteiger partial charge >= 0.3 is 75.5 Å². The fourth-order valence-corrected chi connectivity index (χ4v) is 0. The van der Waals surface area contributed by atoms with Crippen molar-refractivity contribution in [1.29, 1.82) is 0 Å². The van der Waals surface area contributed by atoms with Crippen LogP contribution in [0.1, 0.15) is 0 Å². The van der Waals surface area contributed by atoms with Gasteiger partial charge in [-0.25, -0.2) is 0 Å². The molecule has 0 amide bonds. The summed E-state index contributed by atoms with van der Waals surface area (Å²) in [6, 6.07) is 0. The Hall–Kier alpha value is 2.41. The molecule has 2 radical (unpaired) electrons. The van der Waals surface area contributed by atoms with Crippen molar-refractivity contribution in [3.05, 3.63) is 0 Å². The molecule has 0 bridgehead atoms. The molecule has 0 aliphatic rings. The second kappa shape index (κ2) is 17.5. The van der Waals surface area contributed by atoms with Gasteiger partial charge in [0.2, 0.25) is 0 Å². The van der Waals surface area contributed by atoms with Crippen molar-refractivity contribution in [3.8, 4) is 0 Å². The first-order valence-electron chi connectivity index (χ1n) is 1.41. The van der Waals surface area contributed by atoms with Crippen molar-refractivity contribution in [2.24, 2.45) is 0 Å². The standard InChI is InChI=1S/2BO3.Dy.Er/c2*2-1(3)4;;/q2*-3;2*+3. The molecule has 0 aromatic rings. The van der Waals surface area contributed by atoms with Crippen LogP contribution in [0.25, 0.3) is 0 Å². The van der Waals surface area contributed by atoms with Crippen LogP contribution in [0, 0.1) is 75.5 Å². The van der Waals surface area contributed by atoms with E-state index in [1.165, 1.54) is 0 Å². The van der Waals surface area contributed by atoms with E-state index in [9.17, 15) is 0 Å². The van der Waals surface area contributed by atoms with Crippen molar-refractivity contribution >= 4 is 14.6 Å². The molecule has 64 valence electrons. The third-order valence-corrected chi connectivity index (χ3v) is 0. The monoisotopic (exact) mass is 448 g/mol. The second-order valence-corrected chi connectivity index (χ2v) is 0.577. The number of rotatable bonds is 0. The molecule has 0 aromatic heterocycles. The maximum Gasteiger partial charge on any atom is 3.00 e. The Bertz CT molecular complexity index is 31.2. The third kappa shape index (κ3) is 159. The Labute approximate surface area is 118 Å². The summed E-state index contributed by atoms with van der Waals surface area (Å²) in [5.74, 6) is 0. The van der Waals surface area contributed by atoms with Crippen LogP contribution in [-0.2, 0) is 0 Å². The van der Waals surface area contributed by atoms with Crippen molar-refractivity contribution in [2.75, 3.05) is 0 Å². The van der Waals surface area contributed by atoms with Gasteiger partial charge in [-0.2, -0.15) is 0 Å². The molecule has 0 heterocycles. The van der Waals surface area contributed by atoms with E-state index in [4.69, 9.17) is 30.1 Å². The third-order valence-electron chi connectivity index (χ3n) is 0. The summed E-state index contributed by atoms with van der Waals surface area (Å²) in [6.07, 6.45) is 0. The van der Waals surface area contributed by atoms with Gasteiger partial charge in [-0.1, -0.05) is 0 Å². The minimum absolute atomic E-state index is 0. The van der Waals surface area contributed by atoms with E-state index in [0.717, 1.165) is 0 Å². The van der Waals surface area contributed by atoms with E-state index in [2.05, 4.69) is 0 Å². The minimum atomic E-state index is -2.92. The average Bonchev–Trinajstić information content (AvgIpc) is 1.25. The summed E-state index contributed by atoms with van der Waals surface area (Å²) >= 11 is 0. The van der Waals surface area contributed by atoms with Gasteiger partial charge in [0.1, 0.15) is 0 Å². The van der Waals surface area contributed by atoms with Crippen molar-refractivity contribution in [1.82, 2.24) is 0 Å². The van der Waals surface area contributed by atoms with E-state index in [1.807, 2.05) is 0 Å². The molecule has 10 heavy (non-hydrogen) atoms. The molecule has 0 atom stereocenters. The Morgan fingerprint density at radius 3 is 0.600 bits per heavy atom. The Kier molecular flexibility index (Phi) is 39.9. The number of hydrogen-bond donors (Lipinski definition) is 0. The van der Waals surface area contributed by atoms with Crippen LogP contribution >= 0.6 is 0 Å². The molecule has 0 spiro atoms. The van der Waals surface area contributed by atoms with Crippen LogP contribution in [0.2, 0.25) is 0 Å². The summed E-state index contributed by atoms with van der Waals surface area (Å²) in [5, 5.41) is 50.5. The summed E-state index contributed by atoms with van der Waals surface area (Å²) in [6.45, 7) is 0. The summed E-state index contributed by atoms with van der Waals surface area (Å²) in [4.78, 5) is 0. The van der Waals surface area contributed by atoms with Gasteiger partial charge in [0.25, 0.3) is 0 Å². The molecule has 0 aliphatic carbocycles. The Morgan fingerprint density at radius 2 is 0.600 bits per heavy atom. The summed E-state index contributed by atoms with van der Waals surface area (Å²) in [5.41, 5.74) is 0. The molecule has 0 saturated heterocycles. The van der Waals surface area contributed by atoms with Crippen LogP contribution < -0.4 is 30.1 Å². The molecule has 0 saturated carbocycles. The van der Waals surface area contributed by atoms with Gasteiger partial charge in [0.15, 0.2) is 0 Å². The molecule has 0 N–H and O–H groups in total. The van der Waals surface area contributed by atoms with Crippen molar-refractivity contribution in [3.63, 3.8) is 0 Å². The second-order valence-electron chi connectivity index (χ2n) is 0.577. The fraction of sp³-hybridized carbons (Fsp3) is 0. The predicted molar refractivity (Wildman–Crippen MR) is 11.5 cm³/mol. The van der Waals surface area contributed by atoms with Gasteiger partial charge in [-0.05, 0) is 0 Å². The molecular formula is B2DyErO6. The fourth-order valence-electron chi connectivity index (χ4n) is 0. The Morgan fingerprint density at radius 1 is 0.600 bits per heavy atom. The van der Waals surface area contributed by atoms with Crippen LogP contribution in [0.15, 0.2) is 0 Å². The molecule has 10 heteroatoms. The Balaban J connectivity index is -0.0000000300. The van der Waals surface area contributed by atoms with E-state index in [-0.39, 0.29) is 75.5 Å². The van der Waals surface area contributed by atoms with Crippen LogP contribution in [0.4, 0.5) is 0 Å². The van der Waals surface area contributed by atoms with Gasteiger partial charge in [0, 0.05) is 0 Å². The SMILES string of the molecule is [Dy+3].[Er+3].[O-]B([O-])[O-].[O-]B([O-])[O-]. The first-order chi connectivity index (χ1) is 3.46. The zero-order chi connectivity index (χ0) is 7.15. The molecule has 6 nitrogen and oxygen atoms in total. The normalized spacial score (nSPS) is 5.40. The number of hydrogen-bond acceptors (Lipinski definition) is 6. The van der Waals surface area contributed by atoms with E-state index < -0.39 is 14.6 Å². The summed E-state index contributed by atoms with van der Waals surface area (Å²) < 4.78 is 0.